The van der Waals surface area contributed by atoms with Crippen molar-refractivity contribution < 1.29 is 29.4 Å². The third-order valence-electron chi connectivity index (χ3n) is 0.941. The number of pyridine rings is 1. The van der Waals surface area contributed by atoms with Crippen molar-refractivity contribution in [3.8, 4) is 0 Å². The third kappa shape index (κ3) is 2.95. The molecule has 0 saturated heterocycles. The number of carboxylic acid groups (broad SMARTS) is 1. The molecular weight excluding hydrogens is 219 g/mol. The zero-order valence-corrected chi connectivity index (χ0v) is 9.34. The molecule has 1 aromatic rings. The largest absolute Gasteiger partial charge is 0.477 e. The number of aromatic carboxylic acids is 1. The Morgan fingerprint density at radius 3 is 2.64 bits per heavy atom. The number of carbonyl (C=O) groups is 1. The van der Waals surface area contributed by atoms with Crippen LogP contribution in [-0.4, -0.2) is 16.1 Å². The van der Waals surface area contributed by atoms with E-state index in [1.165, 1.54) is 18.3 Å². The average molecular weight is 223 g/mol. The van der Waals surface area contributed by atoms with Gasteiger partial charge in [0.1, 0.15) is 5.69 Å². The Labute approximate surface area is 81.2 Å². The van der Waals surface area contributed by atoms with Crippen molar-refractivity contribution in [2.45, 2.75) is 0 Å². The molecule has 0 aliphatic heterocycles. The van der Waals surface area contributed by atoms with Crippen molar-refractivity contribution in [1.82, 2.24) is 4.98 Å². The van der Waals surface area contributed by atoms with Gasteiger partial charge < -0.3 is 5.11 Å². The standard InChI is InChI=1S/C6H4ClNO2.Zn/c7-4-1-2-8-5(3-4)6(9)10;/h1-3H,(H,9,10);. The summed E-state index contributed by atoms with van der Waals surface area (Å²) in [5.41, 5.74) is -0.0347. The van der Waals surface area contributed by atoms with Crippen LogP contribution >= 0.6 is 11.6 Å². The molecular formula is C6H4ClNO2Zn. The molecule has 1 rings (SSSR count). The van der Waals surface area contributed by atoms with Gasteiger partial charge in [-0.2, -0.15) is 0 Å². The van der Waals surface area contributed by atoms with Crippen molar-refractivity contribution in [2.75, 3.05) is 0 Å². The Balaban J connectivity index is 0.000001000. The molecule has 0 bridgehead atoms. The van der Waals surface area contributed by atoms with Crippen molar-refractivity contribution in [2.24, 2.45) is 0 Å². The minimum Gasteiger partial charge on any atom is -0.477 e. The van der Waals surface area contributed by atoms with Crippen LogP contribution in [0.5, 0.6) is 0 Å². The van der Waals surface area contributed by atoms with Gasteiger partial charge in [0.2, 0.25) is 0 Å². The number of halogens is 1. The molecule has 0 fully saturated rings. The number of rotatable bonds is 1. The summed E-state index contributed by atoms with van der Waals surface area (Å²) in [5, 5.41) is 8.77. The van der Waals surface area contributed by atoms with Crippen LogP contribution in [0.25, 0.3) is 0 Å². The van der Waals surface area contributed by atoms with Gasteiger partial charge in [0.05, 0.1) is 0 Å². The molecule has 0 aliphatic carbocycles. The molecule has 1 aromatic heterocycles. The Hall–Kier alpha value is -0.467. The summed E-state index contributed by atoms with van der Waals surface area (Å²) in [6.45, 7) is 0. The molecule has 0 atom stereocenters. The topological polar surface area (TPSA) is 50.2 Å². The molecule has 54 valence electrons. The number of aromatic nitrogens is 1. The molecule has 1 heterocycles. The Kier molecular flexibility index (Phi) is 4.23. The van der Waals surface area contributed by atoms with Gasteiger partial charge >= 0.3 is 5.97 Å². The van der Waals surface area contributed by atoms with Gasteiger partial charge in [0.25, 0.3) is 0 Å². The van der Waals surface area contributed by atoms with E-state index in [2.05, 4.69) is 4.98 Å². The van der Waals surface area contributed by atoms with Gasteiger partial charge in [-0.15, -0.1) is 0 Å². The minimum absolute atomic E-state index is 0. The maximum atomic E-state index is 10.2. The molecule has 5 heteroatoms. The van der Waals surface area contributed by atoms with E-state index in [0.717, 1.165) is 0 Å². The van der Waals surface area contributed by atoms with E-state index in [1.807, 2.05) is 0 Å². The van der Waals surface area contributed by atoms with E-state index in [0.29, 0.717) is 5.02 Å². The molecule has 0 amide bonds. The van der Waals surface area contributed by atoms with Crippen LogP contribution in [0.15, 0.2) is 18.3 Å². The Bertz CT molecular complexity index is 267. The second kappa shape index (κ2) is 4.42. The third-order valence-corrected chi connectivity index (χ3v) is 1.18. The van der Waals surface area contributed by atoms with Crippen LogP contribution < -0.4 is 0 Å². The molecule has 0 aliphatic rings. The van der Waals surface area contributed by atoms with E-state index in [4.69, 9.17) is 16.7 Å². The number of carboxylic acids is 1. The second-order valence-electron chi connectivity index (χ2n) is 1.66. The predicted molar refractivity (Wildman–Crippen MR) is 36.2 cm³/mol. The molecule has 1 N–H and O–H groups in total. The predicted octanol–water partition coefficient (Wildman–Crippen LogP) is 1.43. The van der Waals surface area contributed by atoms with Crippen molar-refractivity contribution in [1.29, 1.82) is 0 Å². The zero-order valence-electron chi connectivity index (χ0n) is 5.62. The maximum absolute atomic E-state index is 10.2. The summed E-state index contributed by atoms with van der Waals surface area (Å²) in [6, 6.07) is 2.82. The summed E-state index contributed by atoms with van der Waals surface area (Å²) >= 11 is 5.49. The first kappa shape index (κ1) is 10.5. The van der Waals surface area contributed by atoms with E-state index in [9.17, 15) is 4.79 Å². The van der Waals surface area contributed by atoms with Crippen LogP contribution in [0.1, 0.15) is 10.5 Å². The summed E-state index contributed by atoms with van der Waals surface area (Å²) in [6.07, 6.45) is 1.35. The molecule has 11 heavy (non-hydrogen) atoms. The zero-order chi connectivity index (χ0) is 7.56. The van der Waals surface area contributed by atoms with Crippen LogP contribution in [-0.2, 0) is 19.5 Å². The van der Waals surface area contributed by atoms with Gasteiger partial charge in [-0.1, -0.05) is 11.6 Å². The Morgan fingerprint density at radius 2 is 2.27 bits per heavy atom. The SMILES string of the molecule is O=C(O)c1cc(Cl)ccn1.[Zn]. The average Bonchev–Trinajstić information content (AvgIpc) is 1.88. The number of hydrogen-bond donors (Lipinski definition) is 1. The molecule has 0 unspecified atom stereocenters. The van der Waals surface area contributed by atoms with E-state index < -0.39 is 5.97 Å². The molecule has 0 radical (unpaired) electrons. The Morgan fingerprint density at radius 1 is 1.64 bits per heavy atom. The van der Waals surface area contributed by atoms with Crippen LogP contribution in [0.3, 0.4) is 0 Å². The van der Waals surface area contributed by atoms with Crippen molar-refractivity contribution in [3.05, 3.63) is 29.0 Å². The fourth-order valence-electron chi connectivity index (χ4n) is 0.522. The van der Waals surface area contributed by atoms with Gasteiger partial charge in [-0.05, 0) is 12.1 Å². The minimum atomic E-state index is -1.07. The summed E-state index contributed by atoms with van der Waals surface area (Å²) in [7, 11) is 0. The van der Waals surface area contributed by atoms with Crippen LogP contribution in [0.2, 0.25) is 5.02 Å². The molecule has 0 aromatic carbocycles. The van der Waals surface area contributed by atoms with Gasteiger partial charge in [0, 0.05) is 30.7 Å². The van der Waals surface area contributed by atoms with Gasteiger partial charge in [0.15, 0.2) is 0 Å². The van der Waals surface area contributed by atoms with E-state index >= 15 is 0 Å². The van der Waals surface area contributed by atoms with Crippen LogP contribution in [0.4, 0.5) is 0 Å². The van der Waals surface area contributed by atoms with E-state index in [-0.39, 0.29) is 25.2 Å². The molecule has 0 spiro atoms. The first-order chi connectivity index (χ1) is 4.70. The first-order valence-electron chi connectivity index (χ1n) is 2.55. The summed E-state index contributed by atoms with van der Waals surface area (Å²) in [4.78, 5) is 13.8. The van der Waals surface area contributed by atoms with Gasteiger partial charge in [-0.25, -0.2) is 9.78 Å². The molecule has 3 nitrogen and oxygen atoms in total. The summed E-state index contributed by atoms with van der Waals surface area (Å²) < 4.78 is 0. The van der Waals surface area contributed by atoms with E-state index in [1.54, 1.807) is 0 Å². The molecule has 0 saturated carbocycles. The second-order valence-corrected chi connectivity index (χ2v) is 2.10. The number of hydrogen-bond acceptors (Lipinski definition) is 2. The quantitative estimate of drug-likeness (QED) is 0.732. The van der Waals surface area contributed by atoms with Crippen molar-refractivity contribution in [3.63, 3.8) is 0 Å². The number of nitrogens with zero attached hydrogens (tertiary/aromatic N) is 1. The first-order valence-corrected chi connectivity index (χ1v) is 2.93. The summed E-state index contributed by atoms with van der Waals surface area (Å²) in [5.74, 6) is -1.07. The fraction of sp³-hybridized carbons (Fsp3) is 0. The smallest absolute Gasteiger partial charge is 0.354 e. The van der Waals surface area contributed by atoms with Crippen LogP contribution in [0, 0.1) is 0 Å². The van der Waals surface area contributed by atoms with Crippen molar-refractivity contribution >= 4 is 17.6 Å². The maximum Gasteiger partial charge on any atom is 0.354 e. The normalized spacial score (nSPS) is 8.45. The monoisotopic (exact) mass is 221 g/mol. The van der Waals surface area contributed by atoms with Gasteiger partial charge in [-0.3, -0.25) is 0 Å². The fourth-order valence-corrected chi connectivity index (χ4v) is 0.681.